The third-order valence-corrected chi connectivity index (χ3v) is 3.06. The summed E-state index contributed by atoms with van der Waals surface area (Å²) in [6.45, 7) is 4.19. The highest BCUT2D eigenvalue weighted by molar-refractivity contribution is 5.86. The number of hydrogen-bond acceptors (Lipinski definition) is 5. The van der Waals surface area contributed by atoms with Gasteiger partial charge in [0.15, 0.2) is 0 Å². The molecule has 0 atom stereocenters. The number of aromatic hydroxyl groups is 1. The Morgan fingerprint density at radius 2 is 2.09 bits per heavy atom. The summed E-state index contributed by atoms with van der Waals surface area (Å²) in [7, 11) is 0. The van der Waals surface area contributed by atoms with Crippen LogP contribution in [-0.2, 0) is 0 Å². The number of rotatable bonds is 5. The lowest BCUT2D eigenvalue weighted by molar-refractivity contribution is -0.384. The van der Waals surface area contributed by atoms with Crippen LogP contribution in [0.4, 0.5) is 11.4 Å². The molecule has 1 N–H and O–H groups in total. The number of nitrogens with zero attached hydrogens (tertiary/aromatic N) is 2. The van der Waals surface area contributed by atoms with Crippen LogP contribution in [-0.4, -0.2) is 22.9 Å². The molecule has 0 aliphatic heterocycles. The summed E-state index contributed by atoms with van der Waals surface area (Å²) in [6.07, 6.45) is 1.47. The molecule has 0 unspecified atom stereocenters. The van der Waals surface area contributed by atoms with Crippen LogP contribution in [0.15, 0.2) is 41.4 Å². The van der Waals surface area contributed by atoms with Gasteiger partial charge in [0, 0.05) is 30.0 Å². The lowest BCUT2D eigenvalue weighted by atomic mass is 10.1. The highest BCUT2D eigenvalue weighted by atomic mass is 16.6. The third kappa shape index (κ3) is 3.60. The van der Waals surface area contributed by atoms with Crippen molar-refractivity contribution in [3.8, 4) is 11.5 Å². The van der Waals surface area contributed by atoms with E-state index >= 15 is 0 Å². The van der Waals surface area contributed by atoms with Gasteiger partial charge in [-0.1, -0.05) is 6.07 Å². The van der Waals surface area contributed by atoms with E-state index in [2.05, 4.69) is 4.99 Å². The number of aryl methyl sites for hydroxylation is 1. The Morgan fingerprint density at radius 1 is 1.32 bits per heavy atom. The van der Waals surface area contributed by atoms with Crippen LogP contribution in [0.3, 0.4) is 0 Å². The lowest BCUT2D eigenvalue weighted by Crippen LogP contribution is -1.92. The highest BCUT2D eigenvalue weighted by Gasteiger charge is 2.08. The fourth-order valence-electron chi connectivity index (χ4n) is 1.88. The van der Waals surface area contributed by atoms with E-state index < -0.39 is 4.92 Å². The van der Waals surface area contributed by atoms with Crippen molar-refractivity contribution < 1.29 is 14.8 Å². The van der Waals surface area contributed by atoms with E-state index in [0.29, 0.717) is 23.6 Å². The normalized spacial score (nSPS) is 10.8. The molecule has 6 nitrogen and oxygen atoms in total. The third-order valence-electron chi connectivity index (χ3n) is 3.06. The van der Waals surface area contributed by atoms with Gasteiger partial charge < -0.3 is 9.84 Å². The van der Waals surface area contributed by atoms with E-state index in [1.807, 2.05) is 13.8 Å². The van der Waals surface area contributed by atoms with Crippen LogP contribution < -0.4 is 4.74 Å². The predicted molar refractivity (Wildman–Crippen MR) is 84.4 cm³/mol. The van der Waals surface area contributed by atoms with Crippen molar-refractivity contribution in [1.29, 1.82) is 0 Å². The summed E-state index contributed by atoms with van der Waals surface area (Å²) >= 11 is 0. The van der Waals surface area contributed by atoms with E-state index in [4.69, 9.17) is 4.74 Å². The Balaban J connectivity index is 2.28. The molecule has 0 radical (unpaired) electrons. The predicted octanol–water partition coefficient (Wildman–Crippen LogP) is 3.76. The number of aliphatic imine (C=N–C) groups is 1. The molecule has 0 aliphatic carbocycles. The minimum Gasteiger partial charge on any atom is -0.507 e. The number of ether oxygens (including phenoxy) is 1. The van der Waals surface area contributed by atoms with Crippen LogP contribution in [0, 0.1) is 17.0 Å². The van der Waals surface area contributed by atoms with Gasteiger partial charge in [0.1, 0.15) is 11.5 Å². The van der Waals surface area contributed by atoms with Gasteiger partial charge in [0.2, 0.25) is 0 Å². The summed E-state index contributed by atoms with van der Waals surface area (Å²) in [5.41, 5.74) is 1.79. The van der Waals surface area contributed by atoms with E-state index in [9.17, 15) is 15.2 Å². The number of hydrogen-bond donors (Lipinski definition) is 1. The summed E-state index contributed by atoms with van der Waals surface area (Å²) in [5.74, 6) is 0.612. The van der Waals surface area contributed by atoms with E-state index in [-0.39, 0.29) is 11.4 Å². The fraction of sp³-hybridized carbons (Fsp3) is 0.188. The standard InChI is InChI=1S/C16H16N2O4/c1-3-22-14-7-5-12(16(19)9-14)10-17-15-8-13(18(20)21)6-4-11(15)2/h4-10,19H,3H2,1-2H3. The first-order valence-electron chi connectivity index (χ1n) is 6.76. The van der Waals surface area contributed by atoms with Crippen LogP contribution in [0.25, 0.3) is 0 Å². The molecule has 0 fully saturated rings. The Morgan fingerprint density at radius 3 is 2.73 bits per heavy atom. The highest BCUT2D eigenvalue weighted by Crippen LogP contribution is 2.26. The van der Waals surface area contributed by atoms with Gasteiger partial charge in [-0.15, -0.1) is 0 Å². The van der Waals surface area contributed by atoms with Crippen molar-refractivity contribution >= 4 is 17.6 Å². The van der Waals surface area contributed by atoms with Crippen LogP contribution in [0.2, 0.25) is 0 Å². The molecule has 2 aromatic carbocycles. The Hall–Kier alpha value is -2.89. The maximum atomic E-state index is 10.8. The SMILES string of the molecule is CCOc1ccc(C=Nc2cc([N+](=O)[O-])ccc2C)c(O)c1. The molecule has 0 bridgehead atoms. The van der Waals surface area contributed by atoms with Crippen LogP contribution >= 0.6 is 0 Å². The summed E-state index contributed by atoms with van der Waals surface area (Å²) < 4.78 is 5.29. The molecule has 6 heteroatoms. The summed E-state index contributed by atoms with van der Waals surface area (Å²) in [5, 5.41) is 20.7. The maximum absolute atomic E-state index is 10.8. The molecule has 0 aliphatic rings. The molecule has 22 heavy (non-hydrogen) atoms. The van der Waals surface area contributed by atoms with Crippen molar-refractivity contribution in [2.45, 2.75) is 13.8 Å². The summed E-state index contributed by atoms with van der Waals surface area (Å²) in [6, 6.07) is 9.38. The van der Waals surface area contributed by atoms with Crippen molar-refractivity contribution in [2.24, 2.45) is 4.99 Å². The minimum atomic E-state index is -0.465. The van der Waals surface area contributed by atoms with E-state index in [0.717, 1.165) is 5.56 Å². The fourth-order valence-corrected chi connectivity index (χ4v) is 1.88. The average molecular weight is 300 g/mol. The Labute approximate surface area is 127 Å². The minimum absolute atomic E-state index is 0.0198. The Kier molecular flexibility index (Phi) is 4.73. The molecule has 0 saturated heterocycles. The molecule has 0 spiro atoms. The lowest BCUT2D eigenvalue weighted by Gasteiger charge is -2.05. The molecular formula is C16H16N2O4. The van der Waals surface area contributed by atoms with Gasteiger partial charge in [-0.25, -0.2) is 0 Å². The Bertz CT molecular complexity index is 726. The first-order valence-corrected chi connectivity index (χ1v) is 6.76. The zero-order chi connectivity index (χ0) is 16.1. The van der Waals surface area contributed by atoms with Gasteiger partial charge in [0.25, 0.3) is 5.69 Å². The van der Waals surface area contributed by atoms with Gasteiger partial charge in [-0.05, 0) is 31.5 Å². The molecule has 114 valence electrons. The first kappa shape index (κ1) is 15.5. The van der Waals surface area contributed by atoms with E-state index in [1.54, 1.807) is 18.2 Å². The monoisotopic (exact) mass is 300 g/mol. The zero-order valence-corrected chi connectivity index (χ0v) is 12.3. The van der Waals surface area contributed by atoms with Gasteiger partial charge >= 0.3 is 0 Å². The topological polar surface area (TPSA) is 85.0 Å². The zero-order valence-electron chi connectivity index (χ0n) is 12.3. The van der Waals surface area contributed by atoms with Gasteiger partial charge in [-0.2, -0.15) is 0 Å². The summed E-state index contributed by atoms with van der Waals surface area (Å²) in [4.78, 5) is 14.6. The molecule has 0 heterocycles. The number of nitro benzene ring substituents is 1. The first-order chi connectivity index (χ1) is 10.5. The van der Waals surface area contributed by atoms with Crippen molar-refractivity contribution in [3.05, 3.63) is 57.6 Å². The van der Waals surface area contributed by atoms with Crippen LogP contribution in [0.1, 0.15) is 18.1 Å². The van der Waals surface area contributed by atoms with Gasteiger partial charge in [0.05, 0.1) is 17.2 Å². The smallest absolute Gasteiger partial charge is 0.271 e. The molecular weight excluding hydrogens is 284 g/mol. The number of nitro groups is 1. The second-order valence-corrected chi connectivity index (χ2v) is 4.64. The largest absolute Gasteiger partial charge is 0.507 e. The average Bonchev–Trinajstić information content (AvgIpc) is 2.48. The second kappa shape index (κ2) is 6.71. The molecule has 0 saturated carbocycles. The molecule has 2 rings (SSSR count). The number of phenols is 1. The van der Waals surface area contributed by atoms with Crippen molar-refractivity contribution in [2.75, 3.05) is 6.61 Å². The van der Waals surface area contributed by atoms with Crippen LogP contribution in [0.5, 0.6) is 11.5 Å². The number of benzene rings is 2. The van der Waals surface area contributed by atoms with Crippen molar-refractivity contribution in [3.63, 3.8) is 0 Å². The van der Waals surface area contributed by atoms with E-state index in [1.165, 1.54) is 24.4 Å². The number of phenolic OH excluding ortho intramolecular Hbond substituents is 1. The maximum Gasteiger partial charge on any atom is 0.271 e. The van der Waals surface area contributed by atoms with Gasteiger partial charge in [-0.3, -0.25) is 15.1 Å². The molecule has 2 aromatic rings. The quantitative estimate of drug-likeness (QED) is 0.517. The van der Waals surface area contributed by atoms with Crippen molar-refractivity contribution in [1.82, 2.24) is 0 Å². The molecule has 0 amide bonds. The second-order valence-electron chi connectivity index (χ2n) is 4.64. The number of non-ortho nitro benzene ring substituents is 1. The molecule has 0 aromatic heterocycles.